The lowest BCUT2D eigenvalue weighted by molar-refractivity contribution is -0.108. The minimum atomic E-state index is -3.89. The first-order chi connectivity index (χ1) is 17.0. The summed E-state index contributed by atoms with van der Waals surface area (Å²) in [6, 6.07) is 7.96. The molecule has 1 aromatic carbocycles. The Kier molecular flexibility index (Phi) is 6.94. The predicted octanol–water partition coefficient (Wildman–Crippen LogP) is 3.93. The summed E-state index contributed by atoms with van der Waals surface area (Å²) in [5, 5.41) is 15.7. The van der Waals surface area contributed by atoms with Crippen LogP contribution in [-0.4, -0.2) is 50.2 Å². The number of rotatable bonds is 7. The number of halogens is 5. The molecule has 9 nitrogen and oxygen atoms in total. The van der Waals surface area contributed by atoms with E-state index in [9.17, 15) is 18.7 Å². The van der Waals surface area contributed by atoms with Crippen molar-refractivity contribution in [2.24, 2.45) is 0 Å². The number of nitrogens with zero attached hydrogens (tertiary/aromatic N) is 4. The summed E-state index contributed by atoms with van der Waals surface area (Å²) in [5.74, 6) is -6.26. The molecule has 0 radical (unpaired) electrons. The molecule has 3 aromatic heterocycles. The number of methoxy groups -OCH3 is 1. The fourth-order valence-electron chi connectivity index (χ4n) is 3.41. The minimum absolute atomic E-state index is 0.0123. The van der Waals surface area contributed by atoms with Crippen molar-refractivity contribution in [3.63, 3.8) is 0 Å². The first-order valence-corrected chi connectivity index (χ1v) is 10.9. The summed E-state index contributed by atoms with van der Waals surface area (Å²) in [6.45, 7) is -1.34. The first-order valence-electron chi connectivity index (χ1n) is 10.2. The lowest BCUT2D eigenvalue weighted by atomic mass is 10.0. The van der Waals surface area contributed by atoms with Crippen LogP contribution in [0.3, 0.4) is 0 Å². The molecule has 1 unspecified atom stereocenters. The van der Waals surface area contributed by atoms with Gasteiger partial charge in [-0.1, -0.05) is 23.2 Å². The number of pyridine rings is 2. The van der Waals surface area contributed by atoms with Gasteiger partial charge in [-0.15, -0.1) is 5.10 Å². The van der Waals surface area contributed by atoms with Crippen LogP contribution in [-0.2, 0) is 0 Å². The Hall–Kier alpha value is -3.61. The quantitative estimate of drug-likeness (QED) is 0.303. The van der Waals surface area contributed by atoms with E-state index >= 15 is 4.39 Å². The highest BCUT2D eigenvalue weighted by Crippen LogP contribution is 2.34. The summed E-state index contributed by atoms with van der Waals surface area (Å²) in [4.78, 5) is 20.4. The highest BCUT2D eigenvalue weighted by molar-refractivity contribution is 6.41. The highest BCUT2D eigenvalue weighted by atomic mass is 35.5. The van der Waals surface area contributed by atoms with Gasteiger partial charge in [-0.25, -0.2) is 22.7 Å². The molecule has 0 bridgehead atoms. The van der Waals surface area contributed by atoms with Gasteiger partial charge in [0.05, 0.1) is 24.4 Å². The fourth-order valence-corrected chi connectivity index (χ4v) is 3.68. The van der Waals surface area contributed by atoms with E-state index in [1.807, 2.05) is 5.32 Å². The number of aromatic nitrogens is 4. The van der Waals surface area contributed by atoms with Gasteiger partial charge in [0.2, 0.25) is 5.95 Å². The maximum Gasteiger partial charge on any atom is 0.295 e. The Morgan fingerprint density at radius 1 is 1.25 bits per heavy atom. The molecule has 0 saturated carbocycles. The molecule has 1 atom stereocenters. The third kappa shape index (κ3) is 4.87. The molecule has 4 N–H and O–H groups in total. The van der Waals surface area contributed by atoms with Gasteiger partial charge in [-0.05, 0) is 42.0 Å². The van der Waals surface area contributed by atoms with Crippen LogP contribution in [0.1, 0.15) is 22.2 Å². The molecule has 4 rings (SSSR count). The zero-order chi connectivity index (χ0) is 26.2. The van der Waals surface area contributed by atoms with Crippen molar-refractivity contribution in [1.82, 2.24) is 24.9 Å². The predicted molar refractivity (Wildman–Crippen MR) is 126 cm³/mol. The number of anilines is 1. The normalized spacial score (nSPS) is 12.5. The number of ether oxygens (including phenoxy) is 1. The Morgan fingerprint density at radius 2 is 2.00 bits per heavy atom. The van der Waals surface area contributed by atoms with Crippen molar-refractivity contribution < 1.29 is 27.8 Å². The standard InChI is InChI=1S/C22H17Cl2F3N6O3/c1-36-14-5-2-11(10-6-7-33-15(8-10)31-21(28)32-33)17(25)16(14)20(35)29-9-22(26,27)18(34)13-4-3-12(23)19(24)30-13/h2-8,18,34H,9H2,1H3,(H2,28,32)(H,29,35). The molecule has 3 heterocycles. The second kappa shape index (κ2) is 9.80. The number of hydrogen-bond acceptors (Lipinski definition) is 7. The lowest BCUT2D eigenvalue weighted by Crippen LogP contribution is -2.41. The van der Waals surface area contributed by atoms with Gasteiger partial charge in [0.25, 0.3) is 11.8 Å². The van der Waals surface area contributed by atoms with Crippen LogP contribution in [0.2, 0.25) is 10.2 Å². The summed E-state index contributed by atoms with van der Waals surface area (Å²) >= 11 is 11.4. The SMILES string of the molecule is COc1ccc(-c2ccn3nc(N)nc3c2)c(F)c1C(=O)NCC(F)(F)C(O)c1ccc(Cl)c(Cl)n1. The monoisotopic (exact) mass is 540 g/mol. The second-order valence-electron chi connectivity index (χ2n) is 7.55. The largest absolute Gasteiger partial charge is 0.496 e. The van der Waals surface area contributed by atoms with Crippen LogP contribution in [0.4, 0.5) is 19.1 Å². The molecule has 36 heavy (non-hydrogen) atoms. The van der Waals surface area contributed by atoms with E-state index in [4.69, 9.17) is 33.7 Å². The van der Waals surface area contributed by atoms with E-state index in [1.165, 1.54) is 48.2 Å². The zero-order valence-electron chi connectivity index (χ0n) is 18.3. The highest BCUT2D eigenvalue weighted by Gasteiger charge is 2.41. The summed E-state index contributed by atoms with van der Waals surface area (Å²) < 4.78 is 51.3. The van der Waals surface area contributed by atoms with Crippen molar-refractivity contribution >= 4 is 40.7 Å². The summed E-state index contributed by atoms with van der Waals surface area (Å²) in [7, 11) is 1.20. The number of nitrogen functional groups attached to an aromatic ring is 1. The van der Waals surface area contributed by atoms with Gasteiger partial charge in [0.15, 0.2) is 11.8 Å². The number of carbonyl (C=O) groups is 1. The molecule has 0 saturated heterocycles. The molecule has 0 aliphatic rings. The van der Waals surface area contributed by atoms with E-state index < -0.39 is 41.6 Å². The number of aliphatic hydroxyl groups is 1. The van der Waals surface area contributed by atoms with Gasteiger partial charge in [0, 0.05) is 11.8 Å². The van der Waals surface area contributed by atoms with E-state index in [2.05, 4.69) is 15.1 Å². The smallest absolute Gasteiger partial charge is 0.295 e. The summed E-state index contributed by atoms with van der Waals surface area (Å²) in [5.41, 5.74) is 5.15. The van der Waals surface area contributed by atoms with Crippen molar-refractivity contribution in [3.05, 3.63) is 69.8 Å². The van der Waals surface area contributed by atoms with E-state index in [0.717, 1.165) is 6.07 Å². The first kappa shape index (κ1) is 25.5. The number of benzene rings is 1. The molecule has 0 spiro atoms. The average molecular weight is 541 g/mol. The van der Waals surface area contributed by atoms with Gasteiger partial charge in [-0.2, -0.15) is 4.98 Å². The maximum atomic E-state index is 15.5. The number of fused-ring (bicyclic) bond motifs is 1. The second-order valence-corrected chi connectivity index (χ2v) is 8.31. The number of aliphatic hydroxyl groups excluding tert-OH is 1. The minimum Gasteiger partial charge on any atom is -0.496 e. The topological polar surface area (TPSA) is 128 Å². The van der Waals surface area contributed by atoms with E-state index in [0.29, 0.717) is 11.2 Å². The number of amides is 1. The molecule has 188 valence electrons. The van der Waals surface area contributed by atoms with Crippen molar-refractivity contribution in [1.29, 1.82) is 0 Å². The molecular formula is C22H17Cl2F3N6O3. The molecule has 14 heteroatoms. The molecule has 1 amide bonds. The van der Waals surface area contributed by atoms with Crippen molar-refractivity contribution in [2.75, 3.05) is 19.4 Å². The molecular weight excluding hydrogens is 524 g/mol. The Bertz CT molecular complexity index is 1470. The van der Waals surface area contributed by atoms with Crippen LogP contribution in [0.25, 0.3) is 16.8 Å². The Morgan fingerprint density at radius 3 is 2.69 bits per heavy atom. The van der Waals surface area contributed by atoms with Crippen LogP contribution >= 0.6 is 23.2 Å². The Balaban J connectivity index is 1.60. The number of carbonyl (C=O) groups excluding carboxylic acids is 1. The molecule has 0 aliphatic carbocycles. The van der Waals surface area contributed by atoms with Crippen LogP contribution in [0.5, 0.6) is 5.75 Å². The van der Waals surface area contributed by atoms with Gasteiger partial charge in [-0.3, -0.25) is 4.79 Å². The number of nitrogens with one attached hydrogen (secondary N) is 1. The summed E-state index contributed by atoms with van der Waals surface area (Å²) in [6.07, 6.45) is -0.927. The van der Waals surface area contributed by atoms with Crippen LogP contribution < -0.4 is 15.8 Å². The lowest BCUT2D eigenvalue weighted by Gasteiger charge is -2.23. The molecule has 4 aromatic rings. The van der Waals surface area contributed by atoms with Crippen molar-refractivity contribution in [2.45, 2.75) is 12.0 Å². The van der Waals surface area contributed by atoms with E-state index in [-0.39, 0.29) is 27.4 Å². The zero-order valence-corrected chi connectivity index (χ0v) is 19.9. The van der Waals surface area contributed by atoms with Gasteiger partial charge < -0.3 is 20.9 Å². The number of alkyl halides is 2. The average Bonchev–Trinajstić information content (AvgIpc) is 3.22. The molecule has 0 aliphatic heterocycles. The molecule has 0 fully saturated rings. The van der Waals surface area contributed by atoms with Gasteiger partial charge in [0.1, 0.15) is 22.3 Å². The maximum absolute atomic E-state index is 15.5. The fraction of sp³-hybridized carbons (Fsp3) is 0.182. The third-order valence-corrected chi connectivity index (χ3v) is 5.90. The van der Waals surface area contributed by atoms with Crippen LogP contribution in [0, 0.1) is 5.82 Å². The third-order valence-electron chi connectivity index (χ3n) is 5.21. The van der Waals surface area contributed by atoms with Gasteiger partial charge >= 0.3 is 0 Å². The number of hydrogen-bond donors (Lipinski definition) is 3. The van der Waals surface area contributed by atoms with Crippen molar-refractivity contribution in [3.8, 4) is 16.9 Å². The van der Waals surface area contributed by atoms with E-state index in [1.54, 1.807) is 0 Å². The number of nitrogens with two attached hydrogens (primary N) is 1. The van der Waals surface area contributed by atoms with Crippen LogP contribution in [0.15, 0.2) is 42.6 Å². The Labute approximate surface area is 211 Å².